The van der Waals surface area contributed by atoms with Crippen molar-refractivity contribution >= 4 is 50.2 Å². The Bertz CT molecular complexity index is 1600. The maximum absolute atomic E-state index is 13.6. The predicted octanol–water partition coefficient (Wildman–Crippen LogP) is 3.71. The van der Waals surface area contributed by atoms with Crippen molar-refractivity contribution in [2.45, 2.75) is 6.42 Å². The number of hydrogen-bond acceptors (Lipinski definition) is 4. The lowest BCUT2D eigenvalue weighted by atomic mass is 10.1. The van der Waals surface area contributed by atoms with E-state index >= 15 is 0 Å². The summed E-state index contributed by atoms with van der Waals surface area (Å²) in [6, 6.07) is 15.0. The van der Waals surface area contributed by atoms with E-state index in [1.54, 1.807) is 26.4 Å². The van der Waals surface area contributed by atoms with Gasteiger partial charge in [-0.15, -0.1) is 0 Å². The summed E-state index contributed by atoms with van der Waals surface area (Å²) in [7, 11) is 5.22. The normalized spacial score (nSPS) is 11.5. The molecule has 1 amide bonds. The van der Waals surface area contributed by atoms with Gasteiger partial charge in [-0.25, -0.2) is 0 Å². The number of para-hydroxylation sites is 1. The number of pyridine rings is 1. The van der Waals surface area contributed by atoms with Gasteiger partial charge in [0.15, 0.2) is 0 Å². The summed E-state index contributed by atoms with van der Waals surface area (Å²) in [5.74, 6) is -0.105. The minimum Gasteiger partial charge on any atom is -0.348 e. The molecule has 32 heavy (non-hydrogen) atoms. The third-order valence-electron chi connectivity index (χ3n) is 5.71. The largest absolute Gasteiger partial charge is 0.348 e. The van der Waals surface area contributed by atoms with Crippen LogP contribution in [0.25, 0.3) is 38.4 Å². The first-order valence-corrected chi connectivity index (χ1v) is 10.5. The smallest absolute Gasteiger partial charge is 0.296 e. The molecule has 0 aliphatic carbocycles. The van der Waals surface area contributed by atoms with Crippen LogP contribution in [-0.4, -0.2) is 44.2 Å². The van der Waals surface area contributed by atoms with Crippen LogP contribution in [0.2, 0.25) is 5.02 Å². The second-order valence-electron chi connectivity index (χ2n) is 7.96. The van der Waals surface area contributed by atoms with Crippen LogP contribution >= 0.6 is 11.6 Å². The summed E-state index contributed by atoms with van der Waals surface area (Å²) < 4.78 is 3.15. The number of halogens is 1. The van der Waals surface area contributed by atoms with Gasteiger partial charge in [0, 0.05) is 42.3 Å². The van der Waals surface area contributed by atoms with E-state index in [9.17, 15) is 9.59 Å². The Morgan fingerprint density at radius 2 is 1.91 bits per heavy atom. The SMILES string of the molecule is CN(C)C(=O)Cc1nn(-c2cnc3ccccc3c2)c(=O)c2c1c1ccc(Cl)cc1n2C. The van der Waals surface area contributed by atoms with E-state index in [0.29, 0.717) is 27.3 Å². The Balaban J connectivity index is 1.87. The molecule has 0 aliphatic heterocycles. The van der Waals surface area contributed by atoms with Crippen molar-refractivity contribution in [1.29, 1.82) is 0 Å². The number of benzene rings is 2. The number of amides is 1. The highest BCUT2D eigenvalue weighted by Gasteiger charge is 2.22. The number of carbonyl (C=O) groups excluding carboxylic acids is 1. The first-order chi connectivity index (χ1) is 15.3. The quantitative estimate of drug-likeness (QED) is 0.424. The van der Waals surface area contributed by atoms with Gasteiger partial charge in [0.1, 0.15) is 5.52 Å². The molecule has 0 N–H and O–H groups in total. The number of likely N-dealkylation sites (N-methyl/N-ethyl adjacent to an activating group) is 1. The predicted molar refractivity (Wildman–Crippen MR) is 127 cm³/mol. The molecule has 0 aliphatic rings. The van der Waals surface area contributed by atoms with Crippen molar-refractivity contribution in [2.24, 2.45) is 7.05 Å². The summed E-state index contributed by atoms with van der Waals surface area (Å²) in [5.41, 5.74) is 2.88. The molecule has 0 spiro atoms. The number of hydrogen-bond donors (Lipinski definition) is 0. The van der Waals surface area contributed by atoms with Gasteiger partial charge in [0.25, 0.3) is 5.56 Å². The second-order valence-corrected chi connectivity index (χ2v) is 8.40. The molecule has 7 nitrogen and oxygen atoms in total. The van der Waals surface area contributed by atoms with Crippen LogP contribution in [0.15, 0.2) is 59.5 Å². The molecule has 8 heteroatoms. The lowest BCUT2D eigenvalue weighted by Gasteiger charge is -2.13. The Morgan fingerprint density at radius 3 is 2.69 bits per heavy atom. The molecular formula is C24H20ClN5O2. The van der Waals surface area contributed by atoms with Gasteiger partial charge in [-0.1, -0.05) is 35.9 Å². The van der Waals surface area contributed by atoms with E-state index in [1.165, 1.54) is 9.58 Å². The minimum absolute atomic E-state index is 0.0620. The van der Waals surface area contributed by atoms with Gasteiger partial charge in [0.05, 0.1) is 35.0 Å². The first kappa shape index (κ1) is 20.2. The summed E-state index contributed by atoms with van der Waals surface area (Å²) in [6.45, 7) is 0. The van der Waals surface area contributed by atoms with E-state index in [-0.39, 0.29) is 17.9 Å². The lowest BCUT2D eigenvalue weighted by molar-refractivity contribution is -0.128. The highest BCUT2D eigenvalue weighted by Crippen LogP contribution is 2.31. The monoisotopic (exact) mass is 445 g/mol. The van der Waals surface area contributed by atoms with Crippen molar-refractivity contribution < 1.29 is 4.79 Å². The van der Waals surface area contributed by atoms with Crippen molar-refractivity contribution in [3.8, 4) is 5.69 Å². The number of carbonyl (C=O) groups is 1. The summed E-state index contributed by atoms with van der Waals surface area (Å²) in [5, 5.41) is 7.63. The summed E-state index contributed by atoms with van der Waals surface area (Å²) in [4.78, 5) is 32.2. The molecular weight excluding hydrogens is 426 g/mol. The number of aryl methyl sites for hydroxylation is 1. The van der Waals surface area contributed by atoms with Crippen LogP contribution in [0.1, 0.15) is 5.69 Å². The highest BCUT2D eigenvalue weighted by atomic mass is 35.5. The van der Waals surface area contributed by atoms with Crippen LogP contribution in [-0.2, 0) is 18.3 Å². The average Bonchev–Trinajstić information content (AvgIpc) is 3.07. The summed E-state index contributed by atoms with van der Waals surface area (Å²) in [6.07, 6.45) is 1.69. The van der Waals surface area contributed by atoms with Crippen molar-refractivity contribution in [2.75, 3.05) is 14.1 Å². The third-order valence-corrected chi connectivity index (χ3v) is 5.94. The standard InChI is InChI=1S/C24H20ClN5O2/c1-28(2)21(31)12-19-22-17-9-8-15(25)11-20(17)29(3)23(22)24(32)30(27-19)16-10-14-6-4-5-7-18(14)26-13-16/h4-11,13H,12H2,1-3H3. The molecule has 0 bridgehead atoms. The van der Waals surface area contributed by atoms with Gasteiger partial charge in [-0.2, -0.15) is 9.78 Å². The third kappa shape index (κ3) is 3.13. The summed E-state index contributed by atoms with van der Waals surface area (Å²) >= 11 is 6.22. The van der Waals surface area contributed by atoms with Crippen LogP contribution in [0.5, 0.6) is 0 Å². The van der Waals surface area contributed by atoms with Crippen molar-refractivity contribution in [1.82, 2.24) is 24.2 Å². The zero-order valence-electron chi connectivity index (χ0n) is 17.8. The number of fused-ring (bicyclic) bond motifs is 4. The van der Waals surface area contributed by atoms with Gasteiger partial charge >= 0.3 is 0 Å². The molecule has 2 aromatic carbocycles. The topological polar surface area (TPSA) is 73.0 Å². The maximum Gasteiger partial charge on any atom is 0.296 e. The lowest BCUT2D eigenvalue weighted by Crippen LogP contribution is -2.28. The van der Waals surface area contributed by atoms with E-state index in [1.807, 2.05) is 54.1 Å². The zero-order valence-corrected chi connectivity index (χ0v) is 18.6. The van der Waals surface area contributed by atoms with Crippen LogP contribution in [0.3, 0.4) is 0 Å². The van der Waals surface area contributed by atoms with Crippen molar-refractivity contribution in [3.05, 3.63) is 75.8 Å². The fraction of sp³-hybridized carbons (Fsp3) is 0.167. The molecule has 0 unspecified atom stereocenters. The Hall–Kier alpha value is -3.71. The minimum atomic E-state index is -0.284. The average molecular weight is 446 g/mol. The molecule has 0 atom stereocenters. The number of rotatable bonds is 3. The molecule has 160 valence electrons. The number of nitrogens with zero attached hydrogens (tertiary/aromatic N) is 5. The molecule has 0 radical (unpaired) electrons. The molecule has 0 fully saturated rings. The van der Waals surface area contributed by atoms with E-state index in [0.717, 1.165) is 21.8 Å². The van der Waals surface area contributed by atoms with E-state index < -0.39 is 0 Å². The second kappa shape index (κ2) is 7.46. The highest BCUT2D eigenvalue weighted by molar-refractivity contribution is 6.31. The Morgan fingerprint density at radius 1 is 1.12 bits per heavy atom. The molecule has 3 heterocycles. The van der Waals surface area contributed by atoms with Gasteiger partial charge in [0.2, 0.25) is 5.91 Å². The van der Waals surface area contributed by atoms with Crippen molar-refractivity contribution in [3.63, 3.8) is 0 Å². The fourth-order valence-corrected chi connectivity index (χ4v) is 4.21. The molecule has 0 saturated heterocycles. The van der Waals surface area contributed by atoms with Gasteiger partial charge in [-0.05, 0) is 24.3 Å². The van der Waals surface area contributed by atoms with Crippen LogP contribution in [0.4, 0.5) is 0 Å². The molecule has 5 aromatic rings. The fourth-order valence-electron chi connectivity index (χ4n) is 4.04. The van der Waals surface area contributed by atoms with Gasteiger partial charge < -0.3 is 9.47 Å². The van der Waals surface area contributed by atoms with E-state index in [4.69, 9.17) is 11.6 Å². The van der Waals surface area contributed by atoms with E-state index in [2.05, 4.69) is 10.1 Å². The van der Waals surface area contributed by atoms with Crippen LogP contribution in [0, 0.1) is 0 Å². The molecule has 5 rings (SSSR count). The molecule has 3 aromatic heterocycles. The first-order valence-electron chi connectivity index (χ1n) is 10.1. The van der Waals surface area contributed by atoms with Crippen LogP contribution < -0.4 is 5.56 Å². The Kier molecular flexibility index (Phi) is 4.71. The molecule has 0 saturated carbocycles. The maximum atomic E-state index is 13.6. The zero-order chi connectivity index (χ0) is 22.6. The number of aromatic nitrogens is 4. The Labute approximate surface area is 188 Å². The van der Waals surface area contributed by atoms with Gasteiger partial charge in [-0.3, -0.25) is 14.6 Å².